The minimum absolute atomic E-state index is 0.0232. The van der Waals surface area contributed by atoms with Crippen LogP contribution in [0.1, 0.15) is 31.2 Å². The first-order chi connectivity index (χ1) is 13.2. The van der Waals surface area contributed by atoms with Crippen LogP contribution < -0.4 is 0 Å². The van der Waals surface area contributed by atoms with Crippen molar-refractivity contribution in [3.8, 4) is 0 Å². The van der Waals surface area contributed by atoms with Crippen LogP contribution in [-0.4, -0.2) is 83.7 Å². The summed E-state index contributed by atoms with van der Waals surface area (Å²) in [4.78, 5) is 17.3. The Balaban J connectivity index is 1.59. The first-order valence-corrected chi connectivity index (χ1v) is 11.6. The van der Waals surface area contributed by atoms with E-state index in [1.54, 1.807) is 13.9 Å². The zero-order valence-corrected chi connectivity index (χ0v) is 17.9. The van der Waals surface area contributed by atoms with Gasteiger partial charge in [-0.15, -0.1) is 0 Å². The minimum Gasteiger partial charge on any atom is -0.348 e. The number of aryl methyl sites for hydroxylation is 1. The van der Waals surface area contributed by atoms with Crippen LogP contribution in [0.15, 0.2) is 12.4 Å². The van der Waals surface area contributed by atoms with Gasteiger partial charge in [-0.05, 0) is 25.7 Å². The summed E-state index contributed by atoms with van der Waals surface area (Å²) in [6, 6.07) is 0. The van der Waals surface area contributed by atoms with E-state index in [1.165, 1.54) is 0 Å². The summed E-state index contributed by atoms with van der Waals surface area (Å²) in [7, 11) is 2.29. The van der Waals surface area contributed by atoms with Gasteiger partial charge >= 0.3 is 0 Å². The van der Waals surface area contributed by atoms with Gasteiger partial charge in [0.25, 0.3) is 0 Å². The topological polar surface area (TPSA) is 78.8 Å². The molecule has 3 heterocycles. The van der Waals surface area contributed by atoms with Gasteiger partial charge in [0.2, 0.25) is 15.9 Å². The molecule has 1 saturated carbocycles. The SMILES string of the molecule is CN(C)C(=O)[C@@]12CCCN(S(=O)(=O)C3CC3)C[C@@H]1CN(Cc1cnn(C)c1)C2. The lowest BCUT2D eigenvalue weighted by Gasteiger charge is -2.34. The molecule has 1 amide bonds. The molecule has 2 aliphatic heterocycles. The predicted octanol–water partition coefficient (Wildman–Crippen LogP) is 0.515. The molecule has 0 N–H and O–H groups in total. The number of fused-ring (bicyclic) bond motifs is 1. The highest BCUT2D eigenvalue weighted by Crippen LogP contribution is 2.45. The van der Waals surface area contributed by atoms with Crippen molar-refractivity contribution in [1.29, 1.82) is 0 Å². The fraction of sp³-hybridized carbons (Fsp3) is 0.789. The van der Waals surface area contributed by atoms with Crippen LogP contribution in [-0.2, 0) is 28.4 Å². The predicted molar refractivity (Wildman–Crippen MR) is 106 cm³/mol. The average Bonchev–Trinajstić information content (AvgIpc) is 3.38. The zero-order valence-electron chi connectivity index (χ0n) is 17.0. The molecule has 0 aromatic carbocycles. The van der Waals surface area contributed by atoms with Gasteiger partial charge in [-0.1, -0.05) is 0 Å². The normalized spacial score (nSPS) is 29.5. The van der Waals surface area contributed by atoms with Gasteiger partial charge in [-0.2, -0.15) is 5.10 Å². The van der Waals surface area contributed by atoms with E-state index in [1.807, 2.05) is 33.5 Å². The number of likely N-dealkylation sites (tertiary alicyclic amines) is 1. The summed E-state index contributed by atoms with van der Waals surface area (Å²) in [6.07, 6.45) is 6.89. The summed E-state index contributed by atoms with van der Waals surface area (Å²) in [5.74, 6) is 0.159. The third-order valence-corrected chi connectivity index (χ3v) is 8.89. The molecule has 156 valence electrons. The molecule has 28 heavy (non-hydrogen) atoms. The fourth-order valence-corrected chi connectivity index (χ4v) is 6.96. The molecule has 1 aromatic heterocycles. The van der Waals surface area contributed by atoms with E-state index in [4.69, 9.17) is 0 Å². The average molecular weight is 410 g/mol. The van der Waals surface area contributed by atoms with Crippen LogP contribution in [0.3, 0.4) is 0 Å². The van der Waals surface area contributed by atoms with E-state index in [9.17, 15) is 13.2 Å². The number of nitrogens with zero attached hydrogens (tertiary/aromatic N) is 5. The van der Waals surface area contributed by atoms with Crippen LogP contribution in [0.5, 0.6) is 0 Å². The first kappa shape index (κ1) is 19.8. The number of hydrogen-bond acceptors (Lipinski definition) is 5. The van der Waals surface area contributed by atoms with Gasteiger partial charge in [0.15, 0.2) is 0 Å². The standard InChI is InChI=1S/C19H31N5O3S/c1-21(2)18(25)19-7-4-8-24(28(26,27)17-5-6-17)13-16(19)12-23(14-19)11-15-9-20-22(3)10-15/h9-10,16-17H,4-8,11-14H2,1-3H3/t16-,19+/m0/s1. The number of sulfonamides is 1. The first-order valence-electron chi connectivity index (χ1n) is 10.1. The van der Waals surface area contributed by atoms with E-state index in [2.05, 4.69) is 10.00 Å². The summed E-state index contributed by atoms with van der Waals surface area (Å²) in [5.41, 5.74) is 0.619. The molecule has 0 radical (unpaired) electrons. The number of aromatic nitrogens is 2. The monoisotopic (exact) mass is 409 g/mol. The Hall–Kier alpha value is -1.45. The van der Waals surface area contributed by atoms with Crippen molar-refractivity contribution in [2.24, 2.45) is 18.4 Å². The summed E-state index contributed by atoms with van der Waals surface area (Å²) < 4.78 is 29.2. The molecule has 3 fully saturated rings. The maximum atomic E-state index is 13.3. The Kier molecular flexibility index (Phi) is 5.04. The number of carbonyl (C=O) groups excluding carboxylic acids is 1. The van der Waals surface area contributed by atoms with E-state index in [-0.39, 0.29) is 17.1 Å². The molecule has 9 heteroatoms. The molecular formula is C19H31N5O3S. The largest absolute Gasteiger partial charge is 0.348 e. The van der Waals surface area contributed by atoms with Gasteiger partial charge in [-0.25, -0.2) is 12.7 Å². The second kappa shape index (κ2) is 7.11. The van der Waals surface area contributed by atoms with Gasteiger partial charge in [0.05, 0.1) is 16.9 Å². The van der Waals surface area contributed by atoms with Crippen molar-refractivity contribution in [3.63, 3.8) is 0 Å². The number of amides is 1. The quantitative estimate of drug-likeness (QED) is 0.708. The summed E-state index contributed by atoms with van der Waals surface area (Å²) in [5, 5.41) is 4.05. The van der Waals surface area contributed by atoms with Crippen LogP contribution in [0.25, 0.3) is 0 Å². The smallest absolute Gasteiger partial charge is 0.229 e. The van der Waals surface area contributed by atoms with E-state index in [0.29, 0.717) is 19.6 Å². The maximum absolute atomic E-state index is 13.3. The minimum atomic E-state index is -3.22. The van der Waals surface area contributed by atoms with Gasteiger partial charge < -0.3 is 4.90 Å². The molecule has 1 aromatic rings. The highest BCUT2D eigenvalue weighted by atomic mass is 32.2. The highest BCUT2D eigenvalue weighted by molar-refractivity contribution is 7.90. The van der Waals surface area contributed by atoms with Crippen molar-refractivity contribution in [2.75, 3.05) is 40.3 Å². The number of rotatable bonds is 5. The second-order valence-electron chi connectivity index (χ2n) is 8.95. The molecule has 1 aliphatic carbocycles. The van der Waals surface area contributed by atoms with Crippen molar-refractivity contribution < 1.29 is 13.2 Å². The van der Waals surface area contributed by atoms with Crippen molar-refractivity contribution in [1.82, 2.24) is 23.9 Å². The Morgan fingerprint density at radius 2 is 2.07 bits per heavy atom. The van der Waals surface area contributed by atoms with Crippen molar-refractivity contribution in [3.05, 3.63) is 18.0 Å². The molecule has 3 aliphatic rings. The maximum Gasteiger partial charge on any atom is 0.229 e. The Morgan fingerprint density at radius 1 is 1.32 bits per heavy atom. The highest BCUT2D eigenvalue weighted by Gasteiger charge is 2.55. The van der Waals surface area contributed by atoms with E-state index < -0.39 is 15.4 Å². The Morgan fingerprint density at radius 3 is 2.68 bits per heavy atom. The van der Waals surface area contributed by atoms with Crippen LogP contribution in [0.2, 0.25) is 0 Å². The van der Waals surface area contributed by atoms with Crippen molar-refractivity contribution >= 4 is 15.9 Å². The van der Waals surface area contributed by atoms with Crippen LogP contribution >= 0.6 is 0 Å². The number of hydrogen-bond donors (Lipinski definition) is 0. The molecule has 0 spiro atoms. The molecule has 2 saturated heterocycles. The fourth-order valence-electron chi connectivity index (χ4n) is 5.04. The summed E-state index contributed by atoms with van der Waals surface area (Å²) >= 11 is 0. The van der Waals surface area contributed by atoms with Gasteiger partial charge in [-0.3, -0.25) is 14.4 Å². The zero-order chi connectivity index (χ0) is 20.1. The third kappa shape index (κ3) is 3.48. The second-order valence-corrected chi connectivity index (χ2v) is 11.2. The van der Waals surface area contributed by atoms with Crippen molar-refractivity contribution in [2.45, 2.75) is 37.5 Å². The molecular weight excluding hydrogens is 378 g/mol. The lowest BCUT2D eigenvalue weighted by molar-refractivity contribution is -0.141. The lowest BCUT2D eigenvalue weighted by Crippen LogP contribution is -2.47. The van der Waals surface area contributed by atoms with E-state index in [0.717, 1.165) is 44.3 Å². The lowest BCUT2D eigenvalue weighted by atomic mass is 9.74. The van der Waals surface area contributed by atoms with Crippen LogP contribution in [0, 0.1) is 11.3 Å². The molecule has 4 rings (SSSR count). The summed E-state index contributed by atoms with van der Waals surface area (Å²) in [6.45, 7) is 3.16. The molecule has 0 bridgehead atoms. The van der Waals surface area contributed by atoms with E-state index >= 15 is 0 Å². The third-order valence-electron chi connectivity index (χ3n) is 6.52. The van der Waals surface area contributed by atoms with Crippen LogP contribution in [0.4, 0.5) is 0 Å². The molecule has 8 nitrogen and oxygen atoms in total. The number of carbonyl (C=O) groups is 1. The Bertz CT molecular complexity index is 848. The van der Waals surface area contributed by atoms with Gasteiger partial charge in [0, 0.05) is 71.5 Å². The Labute approximate surface area is 167 Å². The van der Waals surface area contributed by atoms with Gasteiger partial charge in [0.1, 0.15) is 0 Å². The molecule has 0 unspecified atom stereocenters. The molecule has 2 atom stereocenters.